The SMILES string of the molecule is CC(C)CN1C(=O)[C@H](N)C[C@@H]1c1ccccc1. The van der Waals surface area contributed by atoms with Gasteiger partial charge in [0, 0.05) is 6.54 Å². The van der Waals surface area contributed by atoms with Gasteiger partial charge in [0.2, 0.25) is 5.91 Å². The highest BCUT2D eigenvalue weighted by molar-refractivity contribution is 5.84. The molecule has 0 aliphatic carbocycles. The highest BCUT2D eigenvalue weighted by Gasteiger charge is 2.37. The topological polar surface area (TPSA) is 46.3 Å². The third kappa shape index (κ3) is 2.50. The highest BCUT2D eigenvalue weighted by Crippen LogP contribution is 2.32. The fourth-order valence-electron chi connectivity index (χ4n) is 2.44. The Hall–Kier alpha value is -1.35. The quantitative estimate of drug-likeness (QED) is 0.865. The standard InChI is InChI=1S/C14H20N2O/c1-10(2)9-16-13(8-12(15)14(16)17)11-6-4-3-5-7-11/h3-7,10,12-13H,8-9,15H2,1-2H3/t12-,13-/m1/s1. The number of nitrogens with zero attached hydrogens (tertiary/aromatic N) is 1. The van der Waals surface area contributed by atoms with Crippen LogP contribution in [0.3, 0.4) is 0 Å². The molecular formula is C14H20N2O. The van der Waals surface area contributed by atoms with E-state index in [0.29, 0.717) is 5.92 Å². The lowest BCUT2D eigenvalue weighted by atomic mass is 10.0. The molecule has 1 aliphatic rings. The minimum absolute atomic E-state index is 0.0903. The average molecular weight is 232 g/mol. The predicted octanol–water partition coefficient (Wildman–Crippen LogP) is 1.94. The van der Waals surface area contributed by atoms with Crippen LogP contribution in [-0.2, 0) is 4.79 Å². The molecule has 92 valence electrons. The second kappa shape index (κ2) is 4.88. The van der Waals surface area contributed by atoms with Crippen LogP contribution in [0.15, 0.2) is 30.3 Å². The van der Waals surface area contributed by atoms with Crippen molar-refractivity contribution in [2.75, 3.05) is 6.54 Å². The maximum absolute atomic E-state index is 12.0. The Kier molecular flexibility index (Phi) is 3.48. The van der Waals surface area contributed by atoms with E-state index in [2.05, 4.69) is 26.0 Å². The number of likely N-dealkylation sites (tertiary alicyclic amines) is 1. The van der Waals surface area contributed by atoms with Crippen LogP contribution in [0.5, 0.6) is 0 Å². The second-order valence-electron chi connectivity index (χ2n) is 5.15. The Bertz CT molecular complexity index is 388. The molecule has 0 unspecified atom stereocenters. The number of benzene rings is 1. The Morgan fingerprint density at radius 1 is 1.35 bits per heavy atom. The summed E-state index contributed by atoms with van der Waals surface area (Å²) in [7, 11) is 0. The molecule has 1 saturated heterocycles. The molecule has 2 rings (SSSR count). The summed E-state index contributed by atoms with van der Waals surface area (Å²) >= 11 is 0. The van der Waals surface area contributed by atoms with E-state index in [1.165, 1.54) is 5.56 Å². The first-order valence-corrected chi connectivity index (χ1v) is 6.20. The largest absolute Gasteiger partial charge is 0.334 e. The molecule has 1 aromatic rings. The Morgan fingerprint density at radius 3 is 2.59 bits per heavy atom. The lowest BCUT2D eigenvalue weighted by Crippen LogP contribution is -2.36. The fourth-order valence-corrected chi connectivity index (χ4v) is 2.44. The van der Waals surface area contributed by atoms with E-state index in [0.717, 1.165) is 13.0 Å². The highest BCUT2D eigenvalue weighted by atomic mass is 16.2. The number of amides is 1. The summed E-state index contributed by atoms with van der Waals surface area (Å²) in [6.45, 7) is 5.03. The molecule has 1 fully saturated rings. The first-order chi connectivity index (χ1) is 8.09. The molecule has 1 aliphatic heterocycles. The lowest BCUT2D eigenvalue weighted by Gasteiger charge is -2.26. The normalized spacial score (nSPS) is 24.7. The molecule has 1 aromatic carbocycles. The Morgan fingerprint density at radius 2 is 2.00 bits per heavy atom. The fraction of sp³-hybridized carbons (Fsp3) is 0.500. The molecule has 1 heterocycles. The van der Waals surface area contributed by atoms with Crippen LogP contribution < -0.4 is 5.73 Å². The van der Waals surface area contributed by atoms with Crippen LogP contribution in [0.4, 0.5) is 0 Å². The number of rotatable bonds is 3. The number of carbonyl (C=O) groups excluding carboxylic acids is 1. The molecule has 3 heteroatoms. The molecule has 17 heavy (non-hydrogen) atoms. The summed E-state index contributed by atoms with van der Waals surface area (Å²) in [5, 5.41) is 0. The second-order valence-corrected chi connectivity index (χ2v) is 5.15. The van der Waals surface area contributed by atoms with Crippen LogP contribution in [0.1, 0.15) is 31.9 Å². The van der Waals surface area contributed by atoms with Crippen molar-refractivity contribution in [1.82, 2.24) is 4.90 Å². The van der Waals surface area contributed by atoms with E-state index < -0.39 is 0 Å². The predicted molar refractivity (Wildman–Crippen MR) is 68.3 cm³/mol. The summed E-state index contributed by atoms with van der Waals surface area (Å²) in [5.74, 6) is 0.558. The average Bonchev–Trinajstić information content (AvgIpc) is 2.58. The van der Waals surface area contributed by atoms with Gasteiger partial charge in [0.05, 0.1) is 12.1 Å². The third-order valence-corrected chi connectivity index (χ3v) is 3.20. The van der Waals surface area contributed by atoms with Crippen molar-refractivity contribution < 1.29 is 4.79 Å². The Labute approximate surface area is 103 Å². The first kappa shape index (κ1) is 12.1. The maximum atomic E-state index is 12.0. The van der Waals surface area contributed by atoms with Gasteiger partial charge in [-0.15, -0.1) is 0 Å². The van der Waals surface area contributed by atoms with E-state index in [1.54, 1.807) is 0 Å². The molecule has 2 N–H and O–H groups in total. The van der Waals surface area contributed by atoms with Gasteiger partial charge in [0.15, 0.2) is 0 Å². The van der Waals surface area contributed by atoms with Crippen LogP contribution >= 0.6 is 0 Å². The number of hydrogen-bond donors (Lipinski definition) is 1. The molecule has 0 radical (unpaired) electrons. The van der Waals surface area contributed by atoms with Gasteiger partial charge in [-0.25, -0.2) is 0 Å². The molecule has 0 spiro atoms. The lowest BCUT2D eigenvalue weighted by molar-refractivity contribution is -0.130. The van der Waals surface area contributed by atoms with Gasteiger partial charge in [0.25, 0.3) is 0 Å². The van der Waals surface area contributed by atoms with Gasteiger partial charge in [-0.3, -0.25) is 4.79 Å². The van der Waals surface area contributed by atoms with Gasteiger partial charge in [0.1, 0.15) is 0 Å². The zero-order valence-corrected chi connectivity index (χ0v) is 10.5. The van der Waals surface area contributed by atoms with E-state index in [9.17, 15) is 4.79 Å². The number of hydrogen-bond acceptors (Lipinski definition) is 2. The molecule has 0 bridgehead atoms. The van der Waals surface area contributed by atoms with E-state index in [-0.39, 0.29) is 18.0 Å². The molecule has 0 saturated carbocycles. The summed E-state index contributed by atoms with van der Waals surface area (Å²) in [4.78, 5) is 14.0. The van der Waals surface area contributed by atoms with Crippen molar-refractivity contribution in [3.8, 4) is 0 Å². The minimum atomic E-state index is -0.334. The summed E-state index contributed by atoms with van der Waals surface area (Å²) in [5.41, 5.74) is 7.07. The zero-order valence-electron chi connectivity index (χ0n) is 10.5. The van der Waals surface area contributed by atoms with Gasteiger partial charge in [-0.2, -0.15) is 0 Å². The number of nitrogens with two attached hydrogens (primary N) is 1. The van der Waals surface area contributed by atoms with E-state index in [4.69, 9.17) is 5.73 Å². The van der Waals surface area contributed by atoms with Crippen molar-refractivity contribution in [3.63, 3.8) is 0 Å². The molecule has 1 amide bonds. The number of carbonyl (C=O) groups is 1. The van der Waals surface area contributed by atoms with E-state index in [1.807, 2.05) is 23.1 Å². The smallest absolute Gasteiger partial charge is 0.240 e. The van der Waals surface area contributed by atoms with Gasteiger partial charge >= 0.3 is 0 Å². The summed E-state index contributed by atoms with van der Waals surface area (Å²) in [6, 6.07) is 9.98. The van der Waals surface area contributed by atoms with Crippen LogP contribution in [-0.4, -0.2) is 23.4 Å². The molecule has 0 aromatic heterocycles. The summed E-state index contributed by atoms with van der Waals surface area (Å²) in [6.07, 6.45) is 0.732. The van der Waals surface area contributed by atoms with Crippen molar-refractivity contribution >= 4 is 5.91 Å². The minimum Gasteiger partial charge on any atom is -0.334 e. The maximum Gasteiger partial charge on any atom is 0.240 e. The van der Waals surface area contributed by atoms with Crippen molar-refractivity contribution in [3.05, 3.63) is 35.9 Å². The van der Waals surface area contributed by atoms with Crippen molar-refractivity contribution in [2.24, 2.45) is 11.7 Å². The molecule has 2 atom stereocenters. The zero-order chi connectivity index (χ0) is 12.4. The van der Waals surface area contributed by atoms with Crippen molar-refractivity contribution in [1.29, 1.82) is 0 Å². The first-order valence-electron chi connectivity index (χ1n) is 6.20. The van der Waals surface area contributed by atoms with Crippen LogP contribution in [0.25, 0.3) is 0 Å². The molecule has 3 nitrogen and oxygen atoms in total. The van der Waals surface area contributed by atoms with Gasteiger partial charge in [-0.1, -0.05) is 44.2 Å². The molecular weight excluding hydrogens is 212 g/mol. The third-order valence-electron chi connectivity index (χ3n) is 3.20. The van der Waals surface area contributed by atoms with Gasteiger partial charge < -0.3 is 10.6 Å². The Balaban J connectivity index is 2.23. The van der Waals surface area contributed by atoms with Crippen LogP contribution in [0.2, 0.25) is 0 Å². The van der Waals surface area contributed by atoms with Gasteiger partial charge in [-0.05, 0) is 17.9 Å². The van der Waals surface area contributed by atoms with Crippen LogP contribution in [0, 0.1) is 5.92 Å². The van der Waals surface area contributed by atoms with Crippen molar-refractivity contribution in [2.45, 2.75) is 32.4 Å². The summed E-state index contributed by atoms with van der Waals surface area (Å²) < 4.78 is 0. The van der Waals surface area contributed by atoms with E-state index >= 15 is 0 Å². The monoisotopic (exact) mass is 232 g/mol.